The van der Waals surface area contributed by atoms with Crippen molar-refractivity contribution >= 4 is 11.4 Å². The number of anilines is 1. The molecule has 0 aromatic heterocycles. The molecule has 0 spiro atoms. The van der Waals surface area contributed by atoms with Gasteiger partial charge >= 0.3 is 0 Å². The average Bonchev–Trinajstić information content (AvgIpc) is 2.64. The van der Waals surface area contributed by atoms with Gasteiger partial charge in [-0.3, -0.25) is 15.0 Å². The van der Waals surface area contributed by atoms with Crippen LogP contribution in [0.3, 0.4) is 0 Å². The van der Waals surface area contributed by atoms with E-state index >= 15 is 0 Å². The molecule has 1 saturated heterocycles. The Kier molecular flexibility index (Phi) is 5.50. The van der Waals surface area contributed by atoms with E-state index in [2.05, 4.69) is 16.3 Å². The summed E-state index contributed by atoms with van der Waals surface area (Å²) in [5.74, 6) is 0.855. The van der Waals surface area contributed by atoms with Crippen LogP contribution in [0.4, 0.5) is 11.4 Å². The second kappa shape index (κ2) is 7.98. The highest BCUT2D eigenvalue weighted by Gasteiger charge is 2.19. The Bertz CT molecular complexity index is 727. The van der Waals surface area contributed by atoms with Crippen molar-refractivity contribution in [2.45, 2.75) is 25.4 Å². The van der Waals surface area contributed by atoms with E-state index in [1.165, 1.54) is 6.07 Å². The zero-order valence-corrected chi connectivity index (χ0v) is 14.4. The van der Waals surface area contributed by atoms with Crippen LogP contribution in [0, 0.1) is 10.1 Å². The summed E-state index contributed by atoms with van der Waals surface area (Å²) in [5, 5.41) is 14.5. The second-order valence-corrected chi connectivity index (χ2v) is 6.35. The Morgan fingerprint density at radius 3 is 2.68 bits per heavy atom. The van der Waals surface area contributed by atoms with Gasteiger partial charge in [0.25, 0.3) is 5.69 Å². The Morgan fingerprint density at radius 1 is 1.20 bits per heavy atom. The summed E-state index contributed by atoms with van der Waals surface area (Å²) in [5.41, 5.74) is 2.23. The van der Waals surface area contributed by atoms with Crippen LogP contribution in [-0.4, -0.2) is 36.1 Å². The quantitative estimate of drug-likeness (QED) is 0.641. The molecule has 0 amide bonds. The fourth-order valence-electron chi connectivity index (χ4n) is 3.21. The summed E-state index contributed by atoms with van der Waals surface area (Å²) >= 11 is 0. The molecule has 0 bridgehead atoms. The van der Waals surface area contributed by atoms with Crippen molar-refractivity contribution in [3.63, 3.8) is 0 Å². The third kappa shape index (κ3) is 4.70. The van der Waals surface area contributed by atoms with Gasteiger partial charge in [-0.05, 0) is 30.5 Å². The number of nitrogens with zero attached hydrogens (tertiary/aromatic N) is 2. The minimum absolute atomic E-state index is 0.159. The number of likely N-dealkylation sites (tertiary alicyclic amines) is 1. The predicted octanol–water partition coefficient (Wildman–Crippen LogP) is 3.68. The lowest BCUT2D eigenvalue weighted by Crippen LogP contribution is -2.38. The first-order chi connectivity index (χ1) is 12.1. The first-order valence-electron chi connectivity index (χ1n) is 8.50. The maximum Gasteiger partial charge on any atom is 0.269 e. The van der Waals surface area contributed by atoms with Gasteiger partial charge in [-0.2, -0.15) is 0 Å². The first kappa shape index (κ1) is 17.2. The highest BCUT2D eigenvalue weighted by molar-refractivity contribution is 5.48. The third-order valence-electron chi connectivity index (χ3n) is 4.56. The van der Waals surface area contributed by atoms with Gasteiger partial charge in [0.15, 0.2) is 0 Å². The van der Waals surface area contributed by atoms with E-state index in [-0.39, 0.29) is 10.6 Å². The van der Waals surface area contributed by atoms with Gasteiger partial charge in [-0.25, -0.2) is 0 Å². The molecule has 6 heteroatoms. The van der Waals surface area contributed by atoms with Crippen LogP contribution in [-0.2, 0) is 6.54 Å². The zero-order chi connectivity index (χ0) is 17.6. The van der Waals surface area contributed by atoms with Crippen LogP contribution in [0.5, 0.6) is 5.75 Å². The number of nitrogens with one attached hydrogen (secondary N) is 1. The Labute approximate surface area is 147 Å². The molecule has 6 nitrogen and oxygen atoms in total. The normalized spacial score (nSPS) is 15.7. The number of non-ortho nitro benzene ring substituents is 1. The van der Waals surface area contributed by atoms with Crippen LogP contribution >= 0.6 is 0 Å². The number of methoxy groups -OCH3 is 1. The van der Waals surface area contributed by atoms with Gasteiger partial charge in [0.05, 0.1) is 12.0 Å². The number of benzene rings is 2. The lowest BCUT2D eigenvalue weighted by Gasteiger charge is -2.32. The Hall–Kier alpha value is -2.60. The van der Waals surface area contributed by atoms with E-state index < -0.39 is 0 Å². The number of rotatable bonds is 6. The van der Waals surface area contributed by atoms with Crippen molar-refractivity contribution < 1.29 is 9.66 Å². The lowest BCUT2D eigenvalue weighted by molar-refractivity contribution is -0.384. The maximum absolute atomic E-state index is 10.9. The molecule has 0 saturated carbocycles. The average molecular weight is 341 g/mol. The van der Waals surface area contributed by atoms with Gasteiger partial charge in [0.1, 0.15) is 5.75 Å². The van der Waals surface area contributed by atoms with Crippen LogP contribution in [0.1, 0.15) is 18.4 Å². The summed E-state index contributed by atoms with van der Waals surface area (Å²) in [6.45, 7) is 2.71. The Morgan fingerprint density at radius 2 is 1.96 bits per heavy atom. The minimum atomic E-state index is -0.339. The molecule has 1 N–H and O–H groups in total. The van der Waals surface area contributed by atoms with E-state index in [9.17, 15) is 10.1 Å². The van der Waals surface area contributed by atoms with E-state index in [1.807, 2.05) is 24.3 Å². The first-order valence-corrected chi connectivity index (χ1v) is 8.50. The van der Waals surface area contributed by atoms with Crippen molar-refractivity contribution in [1.29, 1.82) is 0 Å². The summed E-state index contributed by atoms with van der Waals surface area (Å²) < 4.78 is 5.26. The van der Waals surface area contributed by atoms with Crippen LogP contribution in [0.15, 0.2) is 48.5 Å². The molecular weight excluding hydrogens is 318 g/mol. The second-order valence-electron chi connectivity index (χ2n) is 6.35. The van der Waals surface area contributed by atoms with Crippen molar-refractivity contribution in [1.82, 2.24) is 4.90 Å². The fourth-order valence-corrected chi connectivity index (χ4v) is 3.21. The number of nitro groups is 1. The van der Waals surface area contributed by atoms with Crippen LogP contribution < -0.4 is 10.1 Å². The predicted molar refractivity (Wildman–Crippen MR) is 98.0 cm³/mol. The summed E-state index contributed by atoms with van der Waals surface area (Å²) in [6.07, 6.45) is 2.10. The molecule has 1 aliphatic heterocycles. The molecule has 2 aromatic carbocycles. The third-order valence-corrected chi connectivity index (χ3v) is 4.56. The molecule has 0 atom stereocenters. The molecule has 1 heterocycles. The lowest BCUT2D eigenvalue weighted by atomic mass is 10.0. The topological polar surface area (TPSA) is 67.6 Å². The fraction of sp³-hybridized carbons (Fsp3) is 0.368. The zero-order valence-electron chi connectivity index (χ0n) is 14.4. The number of piperidine rings is 1. The maximum atomic E-state index is 10.9. The highest BCUT2D eigenvalue weighted by atomic mass is 16.6. The van der Waals surface area contributed by atoms with Crippen molar-refractivity contribution in [3.8, 4) is 5.75 Å². The van der Waals surface area contributed by atoms with Gasteiger partial charge in [0.2, 0.25) is 0 Å². The molecule has 0 radical (unpaired) electrons. The molecule has 25 heavy (non-hydrogen) atoms. The van der Waals surface area contributed by atoms with Crippen LogP contribution in [0.25, 0.3) is 0 Å². The smallest absolute Gasteiger partial charge is 0.269 e. The molecule has 3 rings (SSSR count). The molecule has 0 aliphatic carbocycles. The van der Waals surface area contributed by atoms with Gasteiger partial charge in [0, 0.05) is 49.6 Å². The number of nitro benzene ring substituents is 1. The minimum Gasteiger partial charge on any atom is -0.497 e. The number of hydrogen-bond donors (Lipinski definition) is 1. The van der Waals surface area contributed by atoms with Gasteiger partial charge < -0.3 is 10.1 Å². The molecule has 2 aromatic rings. The number of hydrogen-bond acceptors (Lipinski definition) is 5. The van der Waals surface area contributed by atoms with Crippen molar-refractivity contribution in [2.75, 3.05) is 25.5 Å². The number of ether oxygens (including phenoxy) is 1. The molecule has 0 unspecified atom stereocenters. The monoisotopic (exact) mass is 341 g/mol. The summed E-state index contributed by atoms with van der Waals surface area (Å²) in [6, 6.07) is 15.3. The standard InChI is InChI=1S/C19H23N3O3/c1-25-19-7-3-5-17(13-19)20-16-8-10-21(11-9-16)14-15-4-2-6-18(12-15)22(23)24/h2-7,12-13,16,20H,8-11,14H2,1H3. The Balaban J connectivity index is 1.51. The largest absolute Gasteiger partial charge is 0.497 e. The van der Waals surface area contributed by atoms with Gasteiger partial charge in [-0.15, -0.1) is 0 Å². The molecule has 1 aliphatic rings. The summed E-state index contributed by atoms with van der Waals surface area (Å²) in [4.78, 5) is 12.9. The van der Waals surface area contributed by atoms with E-state index in [0.29, 0.717) is 6.04 Å². The highest BCUT2D eigenvalue weighted by Crippen LogP contribution is 2.22. The summed E-state index contributed by atoms with van der Waals surface area (Å²) in [7, 11) is 1.67. The van der Waals surface area contributed by atoms with Crippen molar-refractivity contribution in [3.05, 3.63) is 64.2 Å². The van der Waals surface area contributed by atoms with Crippen LogP contribution in [0.2, 0.25) is 0 Å². The molecule has 1 fully saturated rings. The SMILES string of the molecule is COc1cccc(NC2CCN(Cc3cccc([N+](=O)[O-])c3)CC2)c1. The van der Waals surface area contributed by atoms with Gasteiger partial charge in [-0.1, -0.05) is 18.2 Å². The van der Waals surface area contributed by atoms with E-state index in [1.54, 1.807) is 19.2 Å². The molecule has 132 valence electrons. The van der Waals surface area contributed by atoms with E-state index in [4.69, 9.17) is 4.74 Å². The molecular formula is C19H23N3O3. The van der Waals surface area contributed by atoms with Crippen molar-refractivity contribution in [2.24, 2.45) is 0 Å². The van der Waals surface area contributed by atoms with E-state index in [0.717, 1.165) is 49.5 Å².